The van der Waals surface area contributed by atoms with Crippen LogP contribution < -0.4 is 20.1 Å². The third kappa shape index (κ3) is 2.91. The van der Waals surface area contributed by atoms with E-state index < -0.39 is 0 Å². The first-order valence-corrected chi connectivity index (χ1v) is 6.47. The molecule has 0 atom stereocenters. The van der Waals surface area contributed by atoms with Gasteiger partial charge >= 0.3 is 0 Å². The van der Waals surface area contributed by atoms with Crippen LogP contribution >= 0.6 is 0 Å². The SMILES string of the molecule is COc1ccc(C(=N)N)c(N(C)c2ccccc2OC)c1. The van der Waals surface area contributed by atoms with Gasteiger partial charge in [-0.05, 0) is 24.3 Å². The Kier molecular flexibility index (Phi) is 4.33. The summed E-state index contributed by atoms with van der Waals surface area (Å²) in [6, 6.07) is 13.1. The minimum Gasteiger partial charge on any atom is -0.497 e. The third-order valence-corrected chi connectivity index (χ3v) is 3.30. The number of para-hydroxylation sites is 2. The van der Waals surface area contributed by atoms with Crippen LogP contribution in [0.1, 0.15) is 5.56 Å². The molecule has 2 aromatic carbocycles. The molecule has 0 aliphatic rings. The number of methoxy groups -OCH3 is 2. The fourth-order valence-corrected chi connectivity index (χ4v) is 2.18. The molecule has 0 saturated heterocycles. The van der Waals surface area contributed by atoms with Crippen LogP contribution in [0.15, 0.2) is 42.5 Å². The van der Waals surface area contributed by atoms with Gasteiger partial charge in [0.2, 0.25) is 0 Å². The lowest BCUT2D eigenvalue weighted by molar-refractivity contribution is 0.414. The second kappa shape index (κ2) is 6.17. The Morgan fingerprint density at radius 1 is 1.05 bits per heavy atom. The maximum atomic E-state index is 7.74. The van der Waals surface area contributed by atoms with Crippen LogP contribution in [0.3, 0.4) is 0 Å². The van der Waals surface area contributed by atoms with Crippen LogP contribution in [-0.4, -0.2) is 27.1 Å². The number of rotatable bonds is 5. The molecule has 0 saturated carbocycles. The van der Waals surface area contributed by atoms with Gasteiger partial charge in [-0.25, -0.2) is 0 Å². The highest BCUT2D eigenvalue weighted by Crippen LogP contribution is 2.35. The van der Waals surface area contributed by atoms with Crippen molar-refractivity contribution >= 4 is 17.2 Å². The normalized spacial score (nSPS) is 10.0. The minimum atomic E-state index is 0.00870. The van der Waals surface area contributed by atoms with Gasteiger partial charge in [-0.3, -0.25) is 5.41 Å². The van der Waals surface area contributed by atoms with E-state index in [4.69, 9.17) is 20.6 Å². The van der Waals surface area contributed by atoms with Gasteiger partial charge in [0.25, 0.3) is 0 Å². The maximum Gasteiger partial charge on any atom is 0.142 e. The number of nitrogens with two attached hydrogens (primary N) is 1. The molecule has 0 radical (unpaired) electrons. The molecule has 0 spiro atoms. The van der Waals surface area contributed by atoms with E-state index in [1.165, 1.54) is 0 Å². The Labute approximate surface area is 124 Å². The van der Waals surface area contributed by atoms with E-state index in [0.29, 0.717) is 11.3 Å². The van der Waals surface area contributed by atoms with Gasteiger partial charge in [0, 0.05) is 18.7 Å². The van der Waals surface area contributed by atoms with Crippen LogP contribution in [0, 0.1) is 5.41 Å². The van der Waals surface area contributed by atoms with Crippen molar-refractivity contribution in [2.24, 2.45) is 5.73 Å². The van der Waals surface area contributed by atoms with Crippen molar-refractivity contribution in [2.75, 3.05) is 26.2 Å². The predicted molar refractivity (Wildman–Crippen MR) is 85.1 cm³/mol. The van der Waals surface area contributed by atoms with E-state index in [-0.39, 0.29) is 5.84 Å². The molecule has 0 aliphatic heterocycles. The van der Waals surface area contributed by atoms with Crippen molar-refractivity contribution in [3.05, 3.63) is 48.0 Å². The highest BCUT2D eigenvalue weighted by Gasteiger charge is 2.15. The summed E-state index contributed by atoms with van der Waals surface area (Å²) in [4.78, 5) is 1.93. The fraction of sp³-hybridized carbons (Fsp3) is 0.188. The van der Waals surface area contributed by atoms with E-state index in [0.717, 1.165) is 17.1 Å². The smallest absolute Gasteiger partial charge is 0.142 e. The first-order chi connectivity index (χ1) is 10.1. The summed E-state index contributed by atoms with van der Waals surface area (Å²) in [5.74, 6) is 1.46. The predicted octanol–water partition coefficient (Wildman–Crippen LogP) is 2.76. The molecule has 21 heavy (non-hydrogen) atoms. The lowest BCUT2D eigenvalue weighted by atomic mass is 10.1. The zero-order valence-corrected chi connectivity index (χ0v) is 12.4. The van der Waals surface area contributed by atoms with E-state index in [9.17, 15) is 0 Å². The lowest BCUT2D eigenvalue weighted by Crippen LogP contribution is -2.19. The average molecular weight is 285 g/mol. The van der Waals surface area contributed by atoms with E-state index in [2.05, 4.69) is 0 Å². The number of ether oxygens (including phenoxy) is 2. The molecule has 0 unspecified atom stereocenters. The number of hydrogen-bond acceptors (Lipinski definition) is 4. The van der Waals surface area contributed by atoms with Crippen LogP contribution in [-0.2, 0) is 0 Å². The Bertz CT molecular complexity index is 656. The molecule has 0 aromatic heterocycles. The highest BCUT2D eigenvalue weighted by atomic mass is 16.5. The van der Waals surface area contributed by atoms with Gasteiger partial charge in [0.1, 0.15) is 17.3 Å². The second-order valence-corrected chi connectivity index (χ2v) is 4.53. The molecule has 0 heterocycles. The molecule has 2 aromatic rings. The summed E-state index contributed by atoms with van der Waals surface area (Å²) in [5, 5.41) is 7.74. The largest absolute Gasteiger partial charge is 0.497 e. The Morgan fingerprint density at radius 2 is 1.76 bits per heavy atom. The van der Waals surface area contributed by atoms with Gasteiger partial charge in [-0.15, -0.1) is 0 Å². The number of benzene rings is 2. The fourth-order valence-electron chi connectivity index (χ4n) is 2.18. The monoisotopic (exact) mass is 285 g/mol. The molecule has 0 fully saturated rings. The molecule has 5 nitrogen and oxygen atoms in total. The number of nitrogens with zero attached hydrogens (tertiary/aromatic N) is 1. The summed E-state index contributed by atoms with van der Waals surface area (Å²) in [5.41, 5.74) is 7.99. The van der Waals surface area contributed by atoms with Crippen LogP contribution in [0.2, 0.25) is 0 Å². The first kappa shape index (κ1) is 14.7. The Balaban J connectivity index is 2.56. The summed E-state index contributed by atoms with van der Waals surface area (Å²) >= 11 is 0. The van der Waals surface area contributed by atoms with Crippen molar-refractivity contribution in [3.63, 3.8) is 0 Å². The van der Waals surface area contributed by atoms with Gasteiger partial charge < -0.3 is 20.1 Å². The van der Waals surface area contributed by atoms with E-state index in [1.807, 2.05) is 42.3 Å². The molecule has 0 aliphatic carbocycles. The topological polar surface area (TPSA) is 71.6 Å². The number of nitrogens with one attached hydrogen (secondary N) is 1. The van der Waals surface area contributed by atoms with Crippen LogP contribution in [0.25, 0.3) is 0 Å². The van der Waals surface area contributed by atoms with E-state index >= 15 is 0 Å². The van der Waals surface area contributed by atoms with Crippen molar-refractivity contribution in [3.8, 4) is 11.5 Å². The summed E-state index contributed by atoms with van der Waals surface area (Å²) < 4.78 is 10.7. The molecular formula is C16H19N3O2. The molecule has 5 heteroatoms. The first-order valence-electron chi connectivity index (χ1n) is 6.47. The second-order valence-electron chi connectivity index (χ2n) is 4.53. The maximum absolute atomic E-state index is 7.74. The van der Waals surface area contributed by atoms with Crippen molar-refractivity contribution in [1.29, 1.82) is 5.41 Å². The number of hydrogen-bond donors (Lipinski definition) is 2. The standard InChI is InChI=1S/C16H19N3O2/c1-19(13-6-4-5-7-15(13)21-3)14-10-11(20-2)8-9-12(14)16(17)18/h4-10H,1-3H3,(H3,17,18). The Morgan fingerprint density at radius 3 is 2.38 bits per heavy atom. The summed E-state index contributed by atoms with van der Waals surface area (Å²) in [7, 11) is 5.14. The summed E-state index contributed by atoms with van der Waals surface area (Å²) in [6.07, 6.45) is 0. The van der Waals surface area contributed by atoms with Gasteiger partial charge in [0.05, 0.1) is 25.6 Å². The van der Waals surface area contributed by atoms with Crippen molar-refractivity contribution in [2.45, 2.75) is 0 Å². The zero-order chi connectivity index (χ0) is 15.4. The molecule has 0 bridgehead atoms. The molecule has 0 amide bonds. The highest BCUT2D eigenvalue weighted by molar-refractivity contribution is 6.01. The zero-order valence-electron chi connectivity index (χ0n) is 12.4. The van der Waals surface area contributed by atoms with E-state index in [1.54, 1.807) is 26.4 Å². The van der Waals surface area contributed by atoms with Gasteiger partial charge in [0.15, 0.2) is 0 Å². The third-order valence-electron chi connectivity index (χ3n) is 3.30. The molecule has 2 rings (SSSR count). The Hall–Kier alpha value is -2.69. The number of amidine groups is 1. The van der Waals surface area contributed by atoms with Gasteiger partial charge in [-0.2, -0.15) is 0 Å². The number of anilines is 2. The lowest BCUT2D eigenvalue weighted by Gasteiger charge is -2.24. The van der Waals surface area contributed by atoms with Crippen LogP contribution in [0.4, 0.5) is 11.4 Å². The molecule has 110 valence electrons. The number of nitrogen functional groups attached to an aromatic ring is 1. The quantitative estimate of drug-likeness (QED) is 0.654. The molecular weight excluding hydrogens is 266 g/mol. The minimum absolute atomic E-state index is 0.00870. The van der Waals surface area contributed by atoms with Crippen molar-refractivity contribution < 1.29 is 9.47 Å². The van der Waals surface area contributed by atoms with Crippen LogP contribution in [0.5, 0.6) is 11.5 Å². The van der Waals surface area contributed by atoms with Crippen molar-refractivity contribution in [1.82, 2.24) is 0 Å². The summed E-state index contributed by atoms with van der Waals surface area (Å²) in [6.45, 7) is 0. The average Bonchev–Trinajstić information content (AvgIpc) is 2.53. The molecule has 3 N–H and O–H groups in total. The van der Waals surface area contributed by atoms with Gasteiger partial charge in [-0.1, -0.05) is 12.1 Å².